The van der Waals surface area contributed by atoms with Gasteiger partial charge < -0.3 is 4.74 Å². The van der Waals surface area contributed by atoms with Gasteiger partial charge in [0.25, 0.3) is 0 Å². The molecule has 0 saturated carbocycles. The minimum atomic E-state index is -4.62. The molecular formula is C15H11F3O2. The second kappa shape index (κ2) is 5.36. The summed E-state index contributed by atoms with van der Waals surface area (Å²) in [5, 5.41) is 0. The molecule has 0 aliphatic carbocycles. The number of hydrogen-bond donors (Lipinski definition) is 0. The quantitative estimate of drug-likeness (QED) is 0.796. The number of methoxy groups -OCH3 is 1. The van der Waals surface area contributed by atoms with Crippen LogP contribution in [-0.2, 0) is 6.18 Å². The van der Waals surface area contributed by atoms with Gasteiger partial charge in [0.2, 0.25) is 0 Å². The summed E-state index contributed by atoms with van der Waals surface area (Å²) < 4.78 is 43.9. The molecule has 0 saturated heterocycles. The van der Waals surface area contributed by atoms with Crippen LogP contribution in [0.5, 0.6) is 5.75 Å². The molecule has 0 fully saturated rings. The predicted octanol–water partition coefficient (Wildman–Crippen LogP) is 3.95. The highest BCUT2D eigenvalue weighted by Gasteiger charge is 2.35. The van der Waals surface area contributed by atoms with Gasteiger partial charge in [-0.3, -0.25) is 4.79 Å². The van der Waals surface area contributed by atoms with Gasteiger partial charge in [-0.2, -0.15) is 13.2 Å². The molecule has 0 N–H and O–H groups in total. The SMILES string of the molecule is COc1ccc(C(=O)c2ccccc2)c(C(F)(F)F)c1. The smallest absolute Gasteiger partial charge is 0.417 e. The van der Waals surface area contributed by atoms with Crippen molar-refractivity contribution in [2.45, 2.75) is 6.18 Å². The molecule has 0 aliphatic heterocycles. The first kappa shape index (κ1) is 14.1. The maximum atomic E-state index is 13.0. The standard InChI is InChI=1S/C15H11F3O2/c1-20-11-7-8-12(13(9-11)15(16,17)18)14(19)10-5-3-2-4-6-10/h2-9H,1H3. The van der Waals surface area contributed by atoms with Gasteiger partial charge in [-0.25, -0.2) is 0 Å². The first-order chi connectivity index (χ1) is 9.43. The number of carbonyl (C=O) groups excluding carboxylic acids is 1. The molecule has 0 amide bonds. The van der Waals surface area contributed by atoms with Gasteiger partial charge in [-0.1, -0.05) is 30.3 Å². The Bertz CT molecular complexity index is 619. The molecule has 0 radical (unpaired) electrons. The van der Waals surface area contributed by atoms with E-state index in [9.17, 15) is 18.0 Å². The lowest BCUT2D eigenvalue weighted by Gasteiger charge is -2.13. The summed E-state index contributed by atoms with van der Waals surface area (Å²) in [7, 11) is 1.27. The van der Waals surface area contributed by atoms with Crippen molar-refractivity contribution in [3.8, 4) is 5.75 Å². The molecular weight excluding hydrogens is 269 g/mol. The molecule has 0 aromatic heterocycles. The van der Waals surface area contributed by atoms with Crippen LogP contribution in [0.2, 0.25) is 0 Å². The average Bonchev–Trinajstić information content (AvgIpc) is 2.46. The fourth-order valence-electron chi connectivity index (χ4n) is 1.83. The summed E-state index contributed by atoms with van der Waals surface area (Å²) in [6.45, 7) is 0. The molecule has 2 aromatic carbocycles. The lowest BCUT2D eigenvalue weighted by Crippen LogP contribution is -2.14. The van der Waals surface area contributed by atoms with Crippen molar-refractivity contribution in [1.82, 2.24) is 0 Å². The third-order valence-electron chi connectivity index (χ3n) is 2.81. The summed E-state index contributed by atoms with van der Waals surface area (Å²) in [5.41, 5.74) is -1.17. The molecule has 2 rings (SSSR count). The first-order valence-corrected chi connectivity index (χ1v) is 5.78. The molecule has 2 nitrogen and oxygen atoms in total. The molecule has 0 aliphatic rings. The summed E-state index contributed by atoms with van der Waals surface area (Å²) in [6, 6.07) is 11.2. The fourth-order valence-corrected chi connectivity index (χ4v) is 1.83. The number of halogens is 3. The van der Waals surface area contributed by atoms with E-state index >= 15 is 0 Å². The Morgan fingerprint density at radius 2 is 1.70 bits per heavy atom. The Morgan fingerprint density at radius 1 is 1.05 bits per heavy atom. The topological polar surface area (TPSA) is 26.3 Å². The van der Waals surface area contributed by atoms with Crippen LogP contribution >= 0.6 is 0 Å². The van der Waals surface area contributed by atoms with Crippen LogP contribution in [0.1, 0.15) is 21.5 Å². The number of benzene rings is 2. The van der Waals surface area contributed by atoms with Gasteiger partial charge in [-0.05, 0) is 18.2 Å². The largest absolute Gasteiger partial charge is 0.497 e. The average molecular weight is 280 g/mol. The highest BCUT2D eigenvalue weighted by Crippen LogP contribution is 2.35. The van der Waals surface area contributed by atoms with Crippen LogP contribution in [0.15, 0.2) is 48.5 Å². The Balaban J connectivity index is 2.54. The van der Waals surface area contributed by atoms with Gasteiger partial charge in [-0.15, -0.1) is 0 Å². The van der Waals surface area contributed by atoms with Crippen LogP contribution in [0, 0.1) is 0 Å². The Kier molecular flexibility index (Phi) is 3.79. The zero-order valence-electron chi connectivity index (χ0n) is 10.6. The van der Waals surface area contributed by atoms with Crippen molar-refractivity contribution in [3.05, 3.63) is 65.2 Å². The Hall–Kier alpha value is -2.30. The number of ketones is 1. The Morgan fingerprint density at radius 3 is 2.25 bits per heavy atom. The van der Waals surface area contributed by atoms with E-state index in [1.165, 1.54) is 25.3 Å². The van der Waals surface area contributed by atoms with Crippen molar-refractivity contribution in [2.75, 3.05) is 7.11 Å². The molecule has 0 heterocycles. The van der Waals surface area contributed by atoms with Crippen molar-refractivity contribution in [3.63, 3.8) is 0 Å². The minimum Gasteiger partial charge on any atom is -0.497 e. The lowest BCUT2D eigenvalue weighted by molar-refractivity contribution is -0.138. The Labute approximate surface area is 113 Å². The van der Waals surface area contributed by atoms with Crippen LogP contribution in [0.4, 0.5) is 13.2 Å². The van der Waals surface area contributed by atoms with Crippen LogP contribution < -0.4 is 4.74 Å². The molecule has 0 atom stereocenters. The normalized spacial score (nSPS) is 11.2. The number of hydrogen-bond acceptors (Lipinski definition) is 2. The maximum Gasteiger partial charge on any atom is 0.417 e. The third-order valence-corrected chi connectivity index (χ3v) is 2.81. The van der Waals surface area contributed by atoms with E-state index in [1.807, 2.05) is 0 Å². The number of alkyl halides is 3. The van der Waals surface area contributed by atoms with Gasteiger partial charge in [0.15, 0.2) is 5.78 Å². The summed E-state index contributed by atoms with van der Waals surface area (Å²) in [6.07, 6.45) is -4.62. The number of ether oxygens (including phenoxy) is 1. The van der Waals surface area contributed by atoms with Gasteiger partial charge in [0, 0.05) is 11.1 Å². The van der Waals surface area contributed by atoms with E-state index in [0.29, 0.717) is 0 Å². The van der Waals surface area contributed by atoms with E-state index in [-0.39, 0.29) is 16.9 Å². The van der Waals surface area contributed by atoms with E-state index in [2.05, 4.69) is 0 Å². The molecule has 20 heavy (non-hydrogen) atoms. The minimum absolute atomic E-state index is 0.0573. The van der Waals surface area contributed by atoms with Gasteiger partial charge >= 0.3 is 6.18 Å². The molecule has 2 aromatic rings. The van der Waals surface area contributed by atoms with E-state index in [4.69, 9.17) is 4.74 Å². The summed E-state index contributed by atoms with van der Waals surface area (Å²) >= 11 is 0. The van der Waals surface area contributed by atoms with Crippen molar-refractivity contribution >= 4 is 5.78 Å². The molecule has 0 bridgehead atoms. The molecule has 0 unspecified atom stereocenters. The van der Waals surface area contributed by atoms with Gasteiger partial charge in [0.05, 0.1) is 12.7 Å². The fraction of sp³-hybridized carbons (Fsp3) is 0.133. The van der Waals surface area contributed by atoms with Crippen molar-refractivity contribution in [2.24, 2.45) is 0 Å². The first-order valence-electron chi connectivity index (χ1n) is 5.78. The lowest BCUT2D eigenvalue weighted by atomic mass is 9.98. The highest BCUT2D eigenvalue weighted by atomic mass is 19.4. The third kappa shape index (κ3) is 2.82. The van der Waals surface area contributed by atoms with Crippen LogP contribution in [0.3, 0.4) is 0 Å². The second-order valence-electron chi connectivity index (χ2n) is 4.10. The zero-order chi connectivity index (χ0) is 14.8. The molecule has 5 heteroatoms. The zero-order valence-corrected chi connectivity index (χ0v) is 10.6. The van der Waals surface area contributed by atoms with E-state index < -0.39 is 17.5 Å². The van der Waals surface area contributed by atoms with Gasteiger partial charge in [0.1, 0.15) is 5.75 Å². The van der Waals surface area contributed by atoms with E-state index in [1.54, 1.807) is 18.2 Å². The second-order valence-corrected chi connectivity index (χ2v) is 4.10. The summed E-state index contributed by atoms with van der Waals surface area (Å²) in [5.74, 6) is -0.609. The molecule has 0 spiro atoms. The summed E-state index contributed by atoms with van der Waals surface area (Å²) in [4.78, 5) is 12.2. The van der Waals surface area contributed by atoms with Crippen molar-refractivity contribution < 1.29 is 22.7 Å². The van der Waals surface area contributed by atoms with Crippen LogP contribution in [0.25, 0.3) is 0 Å². The molecule has 104 valence electrons. The number of carbonyl (C=O) groups is 1. The predicted molar refractivity (Wildman–Crippen MR) is 67.9 cm³/mol. The maximum absolute atomic E-state index is 13.0. The van der Waals surface area contributed by atoms with Crippen molar-refractivity contribution in [1.29, 1.82) is 0 Å². The monoisotopic (exact) mass is 280 g/mol. The highest BCUT2D eigenvalue weighted by molar-refractivity contribution is 6.10. The van der Waals surface area contributed by atoms with E-state index in [0.717, 1.165) is 12.1 Å². The van der Waals surface area contributed by atoms with Crippen LogP contribution in [-0.4, -0.2) is 12.9 Å². The number of rotatable bonds is 3.